The molecule has 8 heteroatoms. The van der Waals surface area contributed by atoms with E-state index in [2.05, 4.69) is 0 Å². The Morgan fingerprint density at radius 2 is 2.29 bits per heavy atom. The molecule has 0 spiro atoms. The van der Waals surface area contributed by atoms with Gasteiger partial charge in [-0.15, -0.1) is 0 Å². The van der Waals surface area contributed by atoms with E-state index >= 15 is 0 Å². The third kappa shape index (κ3) is 2.96. The molecule has 0 amide bonds. The van der Waals surface area contributed by atoms with Crippen LogP contribution in [0.5, 0.6) is 5.75 Å². The summed E-state index contributed by atoms with van der Waals surface area (Å²) in [5.41, 5.74) is -0.536. The van der Waals surface area contributed by atoms with Gasteiger partial charge in [0.15, 0.2) is 6.29 Å². The molecule has 2 aliphatic heterocycles. The molecule has 0 aliphatic carbocycles. The first-order chi connectivity index (χ1) is 11.0. The van der Waals surface area contributed by atoms with Crippen LogP contribution in [0.15, 0.2) is 24.2 Å². The van der Waals surface area contributed by atoms with E-state index in [4.69, 9.17) is 21.7 Å². The second-order valence-electron chi connectivity index (χ2n) is 4.62. The average Bonchev–Trinajstić information content (AvgIpc) is 3.09. The summed E-state index contributed by atoms with van der Waals surface area (Å²) >= 11 is 0. The normalized spacial score (nSPS) is 28.5. The van der Waals surface area contributed by atoms with Gasteiger partial charge < -0.3 is 18.9 Å². The predicted molar refractivity (Wildman–Crippen MR) is 67.8 cm³/mol. The highest BCUT2D eigenvalue weighted by Gasteiger charge is 2.44. The topological polar surface area (TPSA) is 97.1 Å². The van der Waals surface area contributed by atoms with Gasteiger partial charge in [0.1, 0.15) is 11.9 Å². The van der Waals surface area contributed by atoms with Gasteiger partial charge in [-0.05, 0) is 18.5 Å². The first-order valence-corrected chi connectivity index (χ1v) is 6.33. The lowest BCUT2D eigenvalue weighted by atomic mass is 10.0. The molecule has 0 bridgehead atoms. The van der Waals surface area contributed by atoms with Crippen molar-refractivity contribution in [3.8, 4) is 5.75 Å². The van der Waals surface area contributed by atoms with Crippen molar-refractivity contribution in [1.29, 1.82) is 0 Å². The van der Waals surface area contributed by atoms with E-state index in [0.717, 1.165) is 12.1 Å². The van der Waals surface area contributed by atoms with Gasteiger partial charge in [0.2, 0.25) is 0 Å². The van der Waals surface area contributed by atoms with Crippen LogP contribution in [0.25, 0.3) is 0 Å². The van der Waals surface area contributed by atoms with Gasteiger partial charge in [-0.1, -0.05) is 0 Å². The number of nitrogens with zero attached hydrogens (tertiary/aromatic N) is 1. The summed E-state index contributed by atoms with van der Waals surface area (Å²) in [6.45, 7) is 0.730. The Labute approximate surface area is 122 Å². The molecule has 0 radical (unpaired) electrons. The molecule has 2 heterocycles. The Morgan fingerprint density at radius 1 is 1.43 bits per heavy atom. The molecule has 3 rings (SSSR count). The summed E-state index contributed by atoms with van der Waals surface area (Å²) in [5.74, 6) is -0.328. The Bertz CT molecular complexity index is 653. The minimum atomic E-state index is -1.05. The maximum atomic E-state index is 11.8. The highest BCUT2D eigenvalue weighted by molar-refractivity contribution is 5.64. The van der Waals surface area contributed by atoms with E-state index in [1.54, 1.807) is 0 Å². The zero-order valence-electron chi connectivity index (χ0n) is 12.8. The lowest BCUT2D eigenvalue weighted by molar-refractivity contribution is -0.384. The largest absolute Gasteiger partial charge is 0.514 e. The fourth-order valence-electron chi connectivity index (χ4n) is 2.31. The summed E-state index contributed by atoms with van der Waals surface area (Å²) in [6.07, 6.45) is -1.22. The van der Waals surface area contributed by atoms with Gasteiger partial charge in [-0.3, -0.25) is 10.1 Å². The van der Waals surface area contributed by atoms with Crippen LogP contribution in [0.3, 0.4) is 0 Å². The number of rotatable bonds is 3. The maximum absolute atomic E-state index is 11.8. The van der Waals surface area contributed by atoms with E-state index in [9.17, 15) is 14.9 Å². The summed E-state index contributed by atoms with van der Waals surface area (Å²) in [4.78, 5) is 21.7. The summed E-state index contributed by atoms with van der Waals surface area (Å²) < 4.78 is 35.9. The molecule has 112 valence electrons. The molecule has 2 aliphatic rings. The number of fused-ring (bicyclic) bond motifs is 1. The number of carbonyl (C=O) groups excluding carboxylic acids is 1. The second kappa shape index (κ2) is 5.66. The van der Waals surface area contributed by atoms with Crippen molar-refractivity contribution in [3.05, 3.63) is 34.3 Å². The van der Waals surface area contributed by atoms with Crippen LogP contribution in [0.4, 0.5) is 10.5 Å². The van der Waals surface area contributed by atoms with Crippen molar-refractivity contribution < 1.29 is 31.4 Å². The molecule has 0 aromatic heterocycles. The molecule has 1 aromatic rings. The van der Waals surface area contributed by atoms with Gasteiger partial charge in [-0.25, -0.2) is 4.79 Å². The molecule has 0 N–H and O–H groups in total. The molecule has 1 aromatic carbocycles. The fraction of sp³-hybridized carbons (Fsp3) is 0.462. The lowest BCUT2D eigenvalue weighted by Gasteiger charge is -2.15. The predicted octanol–water partition coefficient (Wildman–Crippen LogP) is 1.87. The first kappa shape index (κ1) is 11.5. The Kier molecular flexibility index (Phi) is 3.09. The Morgan fingerprint density at radius 3 is 3.10 bits per heavy atom. The van der Waals surface area contributed by atoms with E-state index in [1.807, 2.05) is 0 Å². The molecule has 21 heavy (non-hydrogen) atoms. The highest BCUT2D eigenvalue weighted by atomic mass is 16.8. The van der Waals surface area contributed by atoms with Crippen molar-refractivity contribution in [2.45, 2.75) is 18.8 Å². The number of hydrogen-bond donors (Lipinski definition) is 0. The van der Waals surface area contributed by atoms with Crippen LogP contribution in [0, 0.1) is 16.0 Å². The zero-order valence-corrected chi connectivity index (χ0v) is 10.8. The van der Waals surface area contributed by atoms with Crippen molar-refractivity contribution in [1.82, 2.24) is 0 Å². The monoisotopic (exact) mass is 297 g/mol. The van der Waals surface area contributed by atoms with Crippen LogP contribution >= 0.6 is 0 Å². The van der Waals surface area contributed by atoms with Crippen molar-refractivity contribution >= 4 is 11.8 Å². The molecular formula is C13H13NO7. The van der Waals surface area contributed by atoms with E-state index < -0.39 is 35.0 Å². The van der Waals surface area contributed by atoms with Crippen molar-refractivity contribution in [3.63, 3.8) is 0 Å². The molecule has 0 unspecified atom stereocenters. The molecule has 3 atom stereocenters. The quantitative estimate of drug-likeness (QED) is 0.363. The highest BCUT2D eigenvalue weighted by Crippen LogP contribution is 2.33. The van der Waals surface area contributed by atoms with Crippen LogP contribution in [-0.2, 0) is 14.2 Å². The van der Waals surface area contributed by atoms with E-state index in [-0.39, 0.29) is 24.6 Å². The summed E-state index contributed by atoms with van der Waals surface area (Å²) in [7, 11) is 0. The smallest absolute Gasteiger partial charge is 0.428 e. The van der Waals surface area contributed by atoms with Gasteiger partial charge >= 0.3 is 6.16 Å². The third-order valence-corrected chi connectivity index (χ3v) is 3.33. The van der Waals surface area contributed by atoms with Gasteiger partial charge in [-0.2, -0.15) is 0 Å². The maximum Gasteiger partial charge on any atom is 0.514 e. The standard InChI is InChI=1S/C13H13NO7/c15-13(20-9-3-1-8(2-4-9)14(16)17)21-11-7-19-12-10(11)5-6-18-12/h1-4,10-12H,5-7H2/t10-,11-,12+/m0/s1/i1D,3D. The number of ether oxygens (including phenoxy) is 4. The van der Waals surface area contributed by atoms with Crippen molar-refractivity contribution in [2.24, 2.45) is 5.92 Å². The minimum Gasteiger partial charge on any atom is -0.428 e. The average molecular weight is 297 g/mol. The van der Waals surface area contributed by atoms with Gasteiger partial charge in [0.25, 0.3) is 5.69 Å². The number of carbonyl (C=O) groups is 1. The van der Waals surface area contributed by atoms with Crippen LogP contribution in [-0.4, -0.2) is 36.7 Å². The van der Waals surface area contributed by atoms with Crippen molar-refractivity contribution in [2.75, 3.05) is 13.2 Å². The summed E-state index contributed by atoms with van der Waals surface area (Å²) in [6, 6.07) is 0.907. The third-order valence-electron chi connectivity index (χ3n) is 3.33. The summed E-state index contributed by atoms with van der Waals surface area (Å²) in [5, 5.41) is 10.7. The van der Waals surface area contributed by atoms with Crippen LogP contribution in [0.2, 0.25) is 0 Å². The number of nitro benzene ring substituents is 1. The molecular weight excluding hydrogens is 282 g/mol. The fourth-order valence-corrected chi connectivity index (χ4v) is 2.31. The van der Waals surface area contributed by atoms with E-state index in [1.165, 1.54) is 0 Å². The molecule has 8 nitrogen and oxygen atoms in total. The van der Waals surface area contributed by atoms with Gasteiger partial charge in [0.05, 0.1) is 26.8 Å². The zero-order chi connectivity index (χ0) is 16.6. The number of nitro groups is 1. The van der Waals surface area contributed by atoms with E-state index in [0.29, 0.717) is 13.0 Å². The minimum absolute atomic E-state index is 0.0541. The van der Waals surface area contributed by atoms with Crippen LogP contribution < -0.4 is 4.74 Å². The SMILES string of the molecule is [2H]c1c(OC(=O)O[C@H]2CO[C@H]3OCC[C@H]32)ccc([N+](=O)[O-])c1[2H]. The van der Waals surface area contributed by atoms with Gasteiger partial charge in [0, 0.05) is 12.1 Å². The Hall–Kier alpha value is -2.19. The Balaban J connectivity index is 1.66. The lowest BCUT2D eigenvalue weighted by Crippen LogP contribution is -2.27. The second-order valence-corrected chi connectivity index (χ2v) is 4.62. The van der Waals surface area contributed by atoms with Crippen LogP contribution in [0.1, 0.15) is 9.16 Å². The molecule has 0 saturated carbocycles. The number of benzene rings is 1. The molecule has 2 saturated heterocycles. The molecule has 2 fully saturated rings. The first-order valence-electron chi connectivity index (χ1n) is 7.33. The number of hydrogen-bond acceptors (Lipinski definition) is 7.